The zero-order valence-electron chi connectivity index (χ0n) is 18.9. The molecule has 7 nitrogen and oxygen atoms in total. The number of carbonyl (C=O) groups excluding carboxylic acids is 1. The van der Waals surface area contributed by atoms with Crippen molar-refractivity contribution in [2.24, 2.45) is 0 Å². The molecule has 4 rings (SSSR count). The third-order valence-corrected chi connectivity index (χ3v) is 6.32. The summed E-state index contributed by atoms with van der Waals surface area (Å²) in [4.78, 5) is 23.9. The topological polar surface area (TPSA) is 72.6 Å². The molecule has 170 valence electrons. The van der Waals surface area contributed by atoms with Gasteiger partial charge in [-0.25, -0.2) is 9.50 Å². The van der Waals surface area contributed by atoms with E-state index >= 15 is 0 Å². The molecule has 2 aromatic heterocycles. The lowest BCUT2D eigenvalue weighted by molar-refractivity contribution is 0.0783. The molecule has 0 aliphatic heterocycles. The zero-order valence-corrected chi connectivity index (χ0v) is 20.4. The first-order valence-electron chi connectivity index (χ1n) is 10.4. The van der Waals surface area contributed by atoms with E-state index in [-0.39, 0.29) is 5.91 Å². The minimum atomic E-state index is -0.0793. The first-order valence-corrected chi connectivity index (χ1v) is 11.7. The van der Waals surface area contributed by atoms with E-state index in [1.165, 1.54) is 11.8 Å². The SMILES string of the molecule is COc1ccc(Cl)cc1CN(C)C(=O)c1ccccc1CSc1nc2nc(C)cc(C)n2n1. The maximum Gasteiger partial charge on any atom is 0.254 e. The van der Waals surface area contributed by atoms with E-state index in [0.717, 1.165) is 22.5 Å². The molecule has 0 fully saturated rings. The Bertz CT molecular complexity index is 1320. The molecule has 9 heteroatoms. The number of methoxy groups -OCH3 is 1. The van der Waals surface area contributed by atoms with E-state index in [9.17, 15) is 4.79 Å². The van der Waals surface area contributed by atoms with Crippen molar-refractivity contribution in [1.82, 2.24) is 24.5 Å². The fraction of sp³-hybridized carbons (Fsp3) is 0.250. The number of fused-ring (bicyclic) bond motifs is 1. The quantitative estimate of drug-likeness (QED) is 0.347. The molecule has 0 saturated heterocycles. The molecule has 0 aliphatic rings. The van der Waals surface area contributed by atoms with Crippen LogP contribution in [0.15, 0.2) is 53.7 Å². The average molecular weight is 482 g/mol. The van der Waals surface area contributed by atoms with Gasteiger partial charge in [0.25, 0.3) is 11.7 Å². The van der Waals surface area contributed by atoms with Crippen molar-refractivity contribution in [3.63, 3.8) is 0 Å². The Hall–Kier alpha value is -3.10. The van der Waals surface area contributed by atoms with Crippen molar-refractivity contribution in [2.75, 3.05) is 14.2 Å². The number of halogens is 1. The largest absolute Gasteiger partial charge is 0.496 e. The van der Waals surface area contributed by atoms with Gasteiger partial charge in [0.2, 0.25) is 5.16 Å². The van der Waals surface area contributed by atoms with Crippen molar-refractivity contribution in [2.45, 2.75) is 31.3 Å². The summed E-state index contributed by atoms with van der Waals surface area (Å²) < 4.78 is 7.15. The number of ether oxygens (including phenoxy) is 1. The smallest absolute Gasteiger partial charge is 0.254 e. The molecule has 2 heterocycles. The van der Waals surface area contributed by atoms with Gasteiger partial charge in [-0.3, -0.25) is 4.79 Å². The van der Waals surface area contributed by atoms with Crippen LogP contribution in [0, 0.1) is 13.8 Å². The first-order chi connectivity index (χ1) is 15.9. The van der Waals surface area contributed by atoms with Gasteiger partial charge in [-0.2, -0.15) is 4.98 Å². The second kappa shape index (κ2) is 9.80. The number of amides is 1. The van der Waals surface area contributed by atoms with E-state index in [0.29, 0.717) is 39.6 Å². The van der Waals surface area contributed by atoms with E-state index in [4.69, 9.17) is 16.3 Å². The summed E-state index contributed by atoms with van der Waals surface area (Å²) in [5.74, 6) is 1.75. The molecule has 33 heavy (non-hydrogen) atoms. The summed E-state index contributed by atoms with van der Waals surface area (Å²) in [6, 6.07) is 15.0. The second-order valence-corrected chi connectivity index (χ2v) is 9.09. The van der Waals surface area contributed by atoms with Crippen molar-refractivity contribution in [1.29, 1.82) is 0 Å². The average Bonchev–Trinajstić information content (AvgIpc) is 3.21. The molecular formula is C24H24ClN5O2S. The van der Waals surface area contributed by atoms with E-state index in [2.05, 4.69) is 15.1 Å². The summed E-state index contributed by atoms with van der Waals surface area (Å²) >= 11 is 7.62. The van der Waals surface area contributed by atoms with E-state index in [1.807, 2.05) is 50.2 Å². The summed E-state index contributed by atoms with van der Waals surface area (Å²) in [7, 11) is 3.37. The molecule has 4 aromatic rings. The second-order valence-electron chi connectivity index (χ2n) is 7.71. The van der Waals surface area contributed by atoms with Crippen molar-refractivity contribution >= 4 is 35.0 Å². The van der Waals surface area contributed by atoms with Gasteiger partial charge in [-0.1, -0.05) is 41.6 Å². The van der Waals surface area contributed by atoms with Crippen LogP contribution in [-0.4, -0.2) is 44.5 Å². The van der Waals surface area contributed by atoms with Gasteiger partial charge in [-0.05, 0) is 49.7 Å². The van der Waals surface area contributed by atoms with Crippen molar-refractivity contribution < 1.29 is 9.53 Å². The fourth-order valence-electron chi connectivity index (χ4n) is 3.61. The predicted octanol–water partition coefficient (Wildman–Crippen LogP) is 4.97. The standard InChI is InChI=1S/C24H24ClN5O2S/c1-15-11-16(2)30-23(26-15)27-24(28-30)33-14-17-7-5-6-8-20(17)22(31)29(3)13-18-12-19(25)9-10-21(18)32-4/h5-12H,13-14H2,1-4H3. The highest BCUT2D eigenvalue weighted by Crippen LogP contribution is 2.26. The molecule has 0 N–H and O–H groups in total. The van der Waals surface area contributed by atoms with Crippen molar-refractivity contribution in [3.05, 3.63) is 81.6 Å². The first kappa shape index (κ1) is 23.1. The third kappa shape index (κ3) is 5.12. The number of hydrogen-bond acceptors (Lipinski definition) is 6. The lowest BCUT2D eigenvalue weighted by Crippen LogP contribution is -2.27. The molecular weight excluding hydrogens is 458 g/mol. The number of aryl methyl sites for hydroxylation is 2. The summed E-state index contributed by atoms with van der Waals surface area (Å²) in [6.45, 7) is 4.29. The molecule has 0 atom stereocenters. The Balaban J connectivity index is 1.52. The Labute approximate surface area is 201 Å². The van der Waals surface area contributed by atoms with E-state index in [1.54, 1.807) is 35.7 Å². The van der Waals surface area contributed by atoms with Crippen LogP contribution in [0.5, 0.6) is 5.75 Å². The molecule has 0 aliphatic carbocycles. The van der Waals surface area contributed by atoms with Gasteiger partial charge in [0.1, 0.15) is 5.75 Å². The molecule has 1 amide bonds. The lowest BCUT2D eigenvalue weighted by Gasteiger charge is -2.20. The third-order valence-electron chi connectivity index (χ3n) is 5.20. The van der Waals surface area contributed by atoms with Crippen LogP contribution >= 0.6 is 23.4 Å². The highest BCUT2D eigenvalue weighted by molar-refractivity contribution is 7.98. The van der Waals surface area contributed by atoms with Gasteiger partial charge < -0.3 is 9.64 Å². The molecule has 2 aromatic carbocycles. The van der Waals surface area contributed by atoms with Crippen LogP contribution in [-0.2, 0) is 12.3 Å². The van der Waals surface area contributed by atoms with Crippen LogP contribution in [0.3, 0.4) is 0 Å². The Morgan fingerprint density at radius 1 is 1.12 bits per heavy atom. The molecule has 0 saturated carbocycles. The summed E-state index contributed by atoms with van der Waals surface area (Å²) in [5, 5.41) is 5.77. The number of carbonyl (C=O) groups is 1. The Morgan fingerprint density at radius 2 is 1.91 bits per heavy atom. The van der Waals surface area contributed by atoms with Gasteiger partial charge in [0.05, 0.1) is 7.11 Å². The number of aromatic nitrogens is 4. The van der Waals surface area contributed by atoms with Crippen molar-refractivity contribution in [3.8, 4) is 5.75 Å². The molecule has 0 radical (unpaired) electrons. The van der Waals surface area contributed by atoms with Gasteiger partial charge >= 0.3 is 0 Å². The maximum atomic E-state index is 13.3. The molecule has 0 unspecified atom stereocenters. The predicted molar refractivity (Wildman–Crippen MR) is 130 cm³/mol. The zero-order chi connectivity index (χ0) is 23.5. The van der Waals surface area contributed by atoms with Crippen LogP contribution in [0.25, 0.3) is 5.78 Å². The van der Waals surface area contributed by atoms with Gasteiger partial charge in [-0.15, -0.1) is 5.10 Å². The number of hydrogen-bond donors (Lipinski definition) is 0. The number of nitrogens with zero attached hydrogens (tertiary/aromatic N) is 5. The maximum absolute atomic E-state index is 13.3. The van der Waals surface area contributed by atoms with Crippen LogP contribution < -0.4 is 4.74 Å². The lowest BCUT2D eigenvalue weighted by atomic mass is 10.1. The molecule has 0 bridgehead atoms. The summed E-state index contributed by atoms with van der Waals surface area (Å²) in [5.41, 5.74) is 4.28. The Morgan fingerprint density at radius 3 is 2.70 bits per heavy atom. The monoisotopic (exact) mass is 481 g/mol. The van der Waals surface area contributed by atoms with Crippen LogP contribution in [0.2, 0.25) is 5.02 Å². The number of thioether (sulfide) groups is 1. The van der Waals surface area contributed by atoms with Crippen LogP contribution in [0.4, 0.5) is 0 Å². The number of rotatable bonds is 7. The highest BCUT2D eigenvalue weighted by atomic mass is 35.5. The fourth-order valence-corrected chi connectivity index (χ4v) is 4.63. The Kier molecular flexibility index (Phi) is 6.85. The van der Waals surface area contributed by atoms with Gasteiger partial charge in [0, 0.05) is 46.9 Å². The minimum absolute atomic E-state index is 0.0793. The van der Waals surface area contributed by atoms with E-state index < -0.39 is 0 Å². The number of benzene rings is 2. The summed E-state index contributed by atoms with van der Waals surface area (Å²) in [6.07, 6.45) is 0. The highest BCUT2D eigenvalue weighted by Gasteiger charge is 2.18. The van der Waals surface area contributed by atoms with Gasteiger partial charge in [0.15, 0.2) is 0 Å². The molecule has 0 spiro atoms. The minimum Gasteiger partial charge on any atom is -0.496 e. The van der Waals surface area contributed by atoms with Crippen LogP contribution in [0.1, 0.15) is 32.9 Å². The normalized spacial score (nSPS) is 11.1.